The Hall–Kier alpha value is -1.10. The molecule has 0 aliphatic carbocycles. The fourth-order valence-corrected chi connectivity index (χ4v) is 4.77. The number of unbranched alkanes of at least 4 members (excludes halogenated alkanes) is 12. The van der Waals surface area contributed by atoms with Crippen molar-refractivity contribution in [2.45, 2.75) is 129 Å². The molecule has 1 aliphatic heterocycles. The average molecular weight is 452 g/mol. The minimum Gasteiger partial charge on any atom is -0.346 e. The molecule has 1 N–H and O–H groups in total. The Morgan fingerprint density at radius 3 is 2.12 bits per heavy atom. The van der Waals surface area contributed by atoms with Crippen molar-refractivity contribution in [3.8, 4) is 0 Å². The Kier molecular flexibility index (Phi) is 17.5. The van der Waals surface area contributed by atoms with Gasteiger partial charge in [0.25, 0.3) is 0 Å². The molecule has 1 rings (SSSR count). The lowest BCUT2D eigenvalue weighted by Crippen LogP contribution is -2.39. The van der Waals surface area contributed by atoms with Crippen molar-refractivity contribution in [2.24, 2.45) is 0 Å². The Morgan fingerprint density at radius 1 is 0.875 bits per heavy atom. The number of hydrogen-bond donors (Lipinski definition) is 1. The smallest absolute Gasteiger partial charge is 0.224 e. The Morgan fingerprint density at radius 2 is 1.47 bits per heavy atom. The van der Waals surface area contributed by atoms with E-state index in [9.17, 15) is 9.59 Å². The maximum atomic E-state index is 12.7. The van der Waals surface area contributed by atoms with Gasteiger partial charge in [-0.25, -0.2) is 0 Å². The van der Waals surface area contributed by atoms with Crippen LogP contribution in [0.4, 0.5) is 0 Å². The second kappa shape index (κ2) is 19.4. The molecule has 0 aromatic rings. The maximum Gasteiger partial charge on any atom is 0.224 e. The number of hydrogen-bond acceptors (Lipinski definition) is 3. The van der Waals surface area contributed by atoms with Gasteiger partial charge in [-0.15, -0.1) is 0 Å². The molecule has 0 bridgehead atoms. The van der Waals surface area contributed by atoms with Gasteiger partial charge in [0.2, 0.25) is 11.8 Å². The standard InChI is InChI=1S/C27H53N3O2/c1-4-5-6-7-8-9-10-11-12-15-20-26(31)30-23-18-19-25(30)24-27(32)29(3)22-17-14-13-16-21-28-2/h25,28H,4-24H2,1-3H3. The van der Waals surface area contributed by atoms with Gasteiger partial charge in [0.05, 0.1) is 0 Å². The van der Waals surface area contributed by atoms with E-state index in [0.29, 0.717) is 12.8 Å². The molecule has 5 heteroatoms. The predicted octanol–water partition coefficient (Wildman–Crippen LogP) is 5.92. The molecule has 32 heavy (non-hydrogen) atoms. The molecule has 0 aromatic carbocycles. The third-order valence-corrected chi connectivity index (χ3v) is 6.95. The lowest BCUT2D eigenvalue weighted by molar-refractivity contribution is -0.135. The Balaban J connectivity index is 2.14. The van der Waals surface area contributed by atoms with Gasteiger partial charge in [-0.1, -0.05) is 77.6 Å². The van der Waals surface area contributed by atoms with Gasteiger partial charge in [-0.2, -0.15) is 0 Å². The summed E-state index contributed by atoms with van der Waals surface area (Å²) < 4.78 is 0. The number of nitrogens with zero attached hydrogens (tertiary/aromatic N) is 2. The zero-order chi connectivity index (χ0) is 23.4. The summed E-state index contributed by atoms with van der Waals surface area (Å²) in [6.07, 6.45) is 20.7. The van der Waals surface area contributed by atoms with Crippen LogP contribution in [0.5, 0.6) is 0 Å². The SMILES string of the molecule is CCCCCCCCCCCCC(=O)N1CCCC1CC(=O)N(C)CCCCCCNC. The van der Waals surface area contributed by atoms with Crippen molar-refractivity contribution in [1.82, 2.24) is 15.1 Å². The molecule has 0 spiro atoms. The molecular formula is C27H53N3O2. The minimum absolute atomic E-state index is 0.121. The molecule has 0 radical (unpaired) electrons. The Labute approximate surface area is 199 Å². The van der Waals surface area contributed by atoms with E-state index < -0.39 is 0 Å². The van der Waals surface area contributed by atoms with Crippen molar-refractivity contribution < 1.29 is 9.59 Å². The van der Waals surface area contributed by atoms with Crippen LogP contribution in [0.15, 0.2) is 0 Å². The largest absolute Gasteiger partial charge is 0.346 e. The van der Waals surface area contributed by atoms with E-state index in [1.165, 1.54) is 70.6 Å². The third kappa shape index (κ3) is 13.4. The second-order valence-corrected chi connectivity index (χ2v) is 9.85. The molecule has 1 atom stereocenters. The highest BCUT2D eigenvalue weighted by atomic mass is 16.2. The highest BCUT2D eigenvalue weighted by Crippen LogP contribution is 2.23. The molecule has 1 fully saturated rings. The van der Waals surface area contributed by atoms with Crippen LogP contribution in [0.2, 0.25) is 0 Å². The summed E-state index contributed by atoms with van der Waals surface area (Å²) in [6, 6.07) is 0.121. The molecule has 1 saturated heterocycles. The lowest BCUT2D eigenvalue weighted by Gasteiger charge is -2.26. The second-order valence-electron chi connectivity index (χ2n) is 9.85. The van der Waals surface area contributed by atoms with Crippen molar-refractivity contribution in [3.63, 3.8) is 0 Å². The van der Waals surface area contributed by atoms with Crippen molar-refractivity contribution in [2.75, 3.05) is 33.7 Å². The summed E-state index contributed by atoms with van der Waals surface area (Å²) in [5.74, 6) is 0.468. The van der Waals surface area contributed by atoms with Crippen LogP contribution >= 0.6 is 0 Å². The Bertz CT molecular complexity index is 484. The topological polar surface area (TPSA) is 52.7 Å². The number of nitrogens with one attached hydrogen (secondary N) is 1. The highest BCUT2D eigenvalue weighted by Gasteiger charge is 2.30. The molecule has 188 valence electrons. The molecule has 0 aromatic heterocycles. The van der Waals surface area contributed by atoms with Gasteiger partial charge in [0.15, 0.2) is 0 Å². The van der Waals surface area contributed by atoms with E-state index in [0.717, 1.165) is 51.7 Å². The van der Waals surface area contributed by atoms with Gasteiger partial charge in [0.1, 0.15) is 0 Å². The summed E-state index contributed by atoms with van der Waals surface area (Å²) in [7, 11) is 3.90. The molecule has 1 aliphatic rings. The monoisotopic (exact) mass is 451 g/mol. The first-order valence-corrected chi connectivity index (χ1v) is 13.8. The van der Waals surface area contributed by atoms with Crippen LogP contribution in [0.1, 0.15) is 122 Å². The summed E-state index contributed by atoms with van der Waals surface area (Å²) in [5.41, 5.74) is 0. The number of amides is 2. The zero-order valence-electron chi connectivity index (χ0n) is 21.6. The van der Waals surface area contributed by atoms with Crippen LogP contribution < -0.4 is 5.32 Å². The van der Waals surface area contributed by atoms with E-state index in [2.05, 4.69) is 12.2 Å². The van der Waals surface area contributed by atoms with E-state index >= 15 is 0 Å². The summed E-state index contributed by atoms with van der Waals surface area (Å²) >= 11 is 0. The van der Waals surface area contributed by atoms with Crippen LogP contribution in [-0.2, 0) is 9.59 Å². The van der Waals surface area contributed by atoms with E-state index in [1.807, 2.05) is 23.9 Å². The minimum atomic E-state index is 0.121. The van der Waals surface area contributed by atoms with E-state index in [1.54, 1.807) is 0 Å². The zero-order valence-corrected chi connectivity index (χ0v) is 21.6. The summed E-state index contributed by atoms with van der Waals surface area (Å²) in [4.78, 5) is 29.3. The van der Waals surface area contributed by atoms with Gasteiger partial charge >= 0.3 is 0 Å². The summed E-state index contributed by atoms with van der Waals surface area (Å²) in [6.45, 7) is 5.00. The van der Waals surface area contributed by atoms with Gasteiger partial charge < -0.3 is 15.1 Å². The number of carbonyl (C=O) groups excluding carboxylic acids is 2. The predicted molar refractivity (Wildman–Crippen MR) is 136 cm³/mol. The molecule has 2 amide bonds. The molecule has 5 nitrogen and oxygen atoms in total. The fraction of sp³-hybridized carbons (Fsp3) is 0.926. The molecule has 0 saturated carbocycles. The van der Waals surface area contributed by atoms with Crippen molar-refractivity contribution in [3.05, 3.63) is 0 Å². The number of carbonyl (C=O) groups is 2. The van der Waals surface area contributed by atoms with Crippen molar-refractivity contribution >= 4 is 11.8 Å². The van der Waals surface area contributed by atoms with Crippen LogP contribution in [0.25, 0.3) is 0 Å². The molecule has 1 unspecified atom stereocenters. The number of likely N-dealkylation sites (tertiary alicyclic amines) is 1. The van der Waals surface area contributed by atoms with Crippen LogP contribution in [0, 0.1) is 0 Å². The van der Waals surface area contributed by atoms with Gasteiger partial charge in [-0.3, -0.25) is 9.59 Å². The molecular weight excluding hydrogens is 398 g/mol. The van der Waals surface area contributed by atoms with Gasteiger partial charge in [-0.05, 0) is 45.7 Å². The van der Waals surface area contributed by atoms with E-state index in [4.69, 9.17) is 0 Å². The average Bonchev–Trinajstić information content (AvgIpc) is 3.25. The van der Waals surface area contributed by atoms with Crippen LogP contribution in [0.3, 0.4) is 0 Å². The summed E-state index contributed by atoms with van der Waals surface area (Å²) in [5, 5.41) is 3.17. The third-order valence-electron chi connectivity index (χ3n) is 6.95. The quantitative estimate of drug-likeness (QED) is 0.234. The first-order chi connectivity index (χ1) is 15.6. The molecule has 1 heterocycles. The van der Waals surface area contributed by atoms with Crippen LogP contribution in [-0.4, -0.2) is 61.4 Å². The maximum absolute atomic E-state index is 12.7. The van der Waals surface area contributed by atoms with Crippen molar-refractivity contribution in [1.29, 1.82) is 0 Å². The normalized spacial score (nSPS) is 16.0. The van der Waals surface area contributed by atoms with E-state index in [-0.39, 0.29) is 17.9 Å². The first-order valence-electron chi connectivity index (χ1n) is 13.8. The fourth-order valence-electron chi connectivity index (χ4n) is 4.77. The highest BCUT2D eigenvalue weighted by molar-refractivity contribution is 5.80. The number of rotatable bonds is 20. The lowest BCUT2D eigenvalue weighted by atomic mass is 10.1. The van der Waals surface area contributed by atoms with Gasteiger partial charge in [0, 0.05) is 39.0 Å². The first kappa shape index (κ1) is 28.9.